The smallest absolute Gasteiger partial charge is 0.219 e. The number of carbonyl (C=O) groups excluding carboxylic acids is 2. The third kappa shape index (κ3) is 3.71. The predicted molar refractivity (Wildman–Crippen MR) is 96.2 cm³/mol. The van der Waals surface area contributed by atoms with E-state index in [2.05, 4.69) is 25.7 Å². The molecule has 0 aromatic heterocycles. The molecule has 0 saturated carbocycles. The standard InChI is InChI=1S/C19H28N2O3/c1-13(22)15-11-16(19(3,4)5)18(24-6)17(12-15)21-9-7-20(8-10-21)14(2)23/h11-12H,7-10H2,1-6H3. The number of Topliss-reactive ketones (excluding diaryl/α,β-unsaturated/α-hetero) is 1. The van der Waals surface area contributed by atoms with Crippen LogP contribution in [-0.4, -0.2) is 49.9 Å². The summed E-state index contributed by atoms with van der Waals surface area (Å²) in [7, 11) is 1.67. The molecule has 1 aliphatic rings. The molecule has 1 aromatic rings. The first kappa shape index (κ1) is 18.3. The molecule has 0 N–H and O–H groups in total. The Morgan fingerprint density at radius 2 is 1.62 bits per heavy atom. The molecular formula is C19H28N2O3. The van der Waals surface area contributed by atoms with E-state index in [1.807, 2.05) is 17.0 Å². The highest BCUT2D eigenvalue weighted by Gasteiger charge is 2.27. The van der Waals surface area contributed by atoms with Crippen LogP contribution in [0.4, 0.5) is 5.69 Å². The molecule has 1 fully saturated rings. The Bertz CT molecular complexity index is 639. The zero-order valence-electron chi connectivity index (χ0n) is 15.6. The topological polar surface area (TPSA) is 49.9 Å². The monoisotopic (exact) mass is 332 g/mol. The van der Waals surface area contributed by atoms with E-state index in [1.165, 1.54) is 0 Å². The van der Waals surface area contributed by atoms with Crippen LogP contribution in [0.5, 0.6) is 5.75 Å². The quantitative estimate of drug-likeness (QED) is 0.799. The van der Waals surface area contributed by atoms with Crippen molar-refractivity contribution in [2.75, 3.05) is 38.2 Å². The third-order valence-electron chi connectivity index (χ3n) is 4.55. The second kappa shape index (κ2) is 6.83. The fourth-order valence-corrected chi connectivity index (χ4v) is 3.09. The van der Waals surface area contributed by atoms with Gasteiger partial charge < -0.3 is 14.5 Å². The Morgan fingerprint density at radius 1 is 1.04 bits per heavy atom. The normalized spacial score (nSPS) is 15.4. The zero-order valence-corrected chi connectivity index (χ0v) is 15.6. The minimum absolute atomic E-state index is 0.0479. The molecule has 5 nitrogen and oxygen atoms in total. The highest BCUT2D eigenvalue weighted by molar-refractivity contribution is 5.96. The summed E-state index contributed by atoms with van der Waals surface area (Å²) in [6.45, 7) is 12.4. The lowest BCUT2D eigenvalue weighted by Gasteiger charge is -2.37. The summed E-state index contributed by atoms with van der Waals surface area (Å²) in [5, 5.41) is 0. The van der Waals surface area contributed by atoms with Crippen molar-refractivity contribution in [3.05, 3.63) is 23.3 Å². The lowest BCUT2D eigenvalue weighted by molar-refractivity contribution is -0.129. The molecule has 0 radical (unpaired) electrons. The lowest BCUT2D eigenvalue weighted by atomic mass is 9.84. The summed E-state index contributed by atoms with van der Waals surface area (Å²) < 4.78 is 5.73. The second-order valence-corrected chi connectivity index (χ2v) is 7.38. The van der Waals surface area contributed by atoms with Crippen molar-refractivity contribution in [3.8, 4) is 5.75 Å². The first-order valence-corrected chi connectivity index (χ1v) is 8.39. The molecular weight excluding hydrogens is 304 g/mol. The van der Waals surface area contributed by atoms with Gasteiger partial charge in [-0.3, -0.25) is 9.59 Å². The molecule has 5 heteroatoms. The molecule has 24 heavy (non-hydrogen) atoms. The number of carbonyl (C=O) groups is 2. The van der Waals surface area contributed by atoms with Crippen molar-refractivity contribution < 1.29 is 14.3 Å². The largest absolute Gasteiger partial charge is 0.494 e. The highest BCUT2D eigenvalue weighted by Crippen LogP contribution is 2.40. The minimum Gasteiger partial charge on any atom is -0.494 e. The molecule has 1 amide bonds. The fourth-order valence-electron chi connectivity index (χ4n) is 3.09. The number of ketones is 1. The van der Waals surface area contributed by atoms with Crippen LogP contribution >= 0.6 is 0 Å². The van der Waals surface area contributed by atoms with Crippen LogP contribution in [0.25, 0.3) is 0 Å². The van der Waals surface area contributed by atoms with Crippen molar-refractivity contribution in [2.45, 2.75) is 40.0 Å². The Hall–Kier alpha value is -2.04. The number of nitrogens with zero attached hydrogens (tertiary/aromatic N) is 2. The van der Waals surface area contributed by atoms with Crippen LogP contribution in [0, 0.1) is 0 Å². The maximum absolute atomic E-state index is 12.0. The number of rotatable bonds is 3. The number of methoxy groups -OCH3 is 1. The van der Waals surface area contributed by atoms with Gasteiger partial charge in [-0.25, -0.2) is 0 Å². The molecule has 1 heterocycles. The van der Waals surface area contributed by atoms with E-state index in [-0.39, 0.29) is 17.1 Å². The van der Waals surface area contributed by atoms with Gasteiger partial charge in [0.25, 0.3) is 0 Å². The number of benzene rings is 1. The van der Waals surface area contributed by atoms with Crippen molar-refractivity contribution in [2.24, 2.45) is 0 Å². The number of amides is 1. The van der Waals surface area contributed by atoms with Crippen LogP contribution in [0.2, 0.25) is 0 Å². The van der Waals surface area contributed by atoms with Gasteiger partial charge in [-0.2, -0.15) is 0 Å². The van der Waals surface area contributed by atoms with Gasteiger partial charge in [0, 0.05) is 44.2 Å². The summed E-state index contributed by atoms with van der Waals surface area (Å²) in [4.78, 5) is 27.6. The average Bonchev–Trinajstić information content (AvgIpc) is 2.52. The SMILES string of the molecule is COc1c(N2CCN(C(C)=O)CC2)cc(C(C)=O)cc1C(C)(C)C. The van der Waals surface area contributed by atoms with Gasteiger partial charge in [-0.05, 0) is 24.5 Å². The summed E-state index contributed by atoms with van der Waals surface area (Å²) in [6.07, 6.45) is 0. The fraction of sp³-hybridized carbons (Fsp3) is 0.579. The third-order valence-corrected chi connectivity index (χ3v) is 4.55. The van der Waals surface area contributed by atoms with Crippen molar-refractivity contribution in [1.29, 1.82) is 0 Å². The summed E-state index contributed by atoms with van der Waals surface area (Å²) in [5.41, 5.74) is 2.54. The molecule has 1 aromatic carbocycles. The Balaban J connectivity index is 2.47. The van der Waals surface area contributed by atoms with E-state index in [0.29, 0.717) is 18.7 Å². The highest BCUT2D eigenvalue weighted by atomic mass is 16.5. The van der Waals surface area contributed by atoms with Crippen molar-refractivity contribution >= 4 is 17.4 Å². The number of hydrogen-bond donors (Lipinski definition) is 0. The first-order valence-electron chi connectivity index (χ1n) is 8.39. The Morgan fingerprint density at radius 3 is 2.04 bits per heavy atom. The number of ether oxygens (including phenoxy) is 1. The summed E-state index contributed by atoms with van der Waals surface area (Å²) in [5.74, 6) is 0.977. The number of piperazine rings is 1. The molecule has 0 atom stereocenters. The number of hydrogen-bond acceptors (Lipinski definition) is 4. The van der Waals surface area contributed by atoms with E-state index in [1.54, 1.807) is 21.0 Å². The molecule has 1 saturated heterocycles. The van der Waals surface area contributed by atoms with E-state index < -0.39 is 0 Å². The van der Waals surface area contributed by atoms with E-state index in [4.69, 9.17) is 4.74 Å². The predicted octanol–water partition coefficient (Wildman–Crippen LogP) is 2.86. The molecule has 0 bridgehead atoms. The van der Waals surface area contributed by atoms with Crippen LogP contribution in [-0.2, 0) is 10.2 Å². The van der Waals surface area contributed by atoms with E-state index >= 15 is 0 Å². The number of anilines is 1. The van der Waals surface area contributed by atoms with E-state index in [0.717, 1.165) is 30.1 Å². The van der Waals surface area contributed by atoms with Gasteiger partial charge in [-0.1, -0.05) is 20.8 Å². The van der Waals surface area contributed by atoms with Crippen LogP contribution in [0.1, 0.15) is 50.5 Å². The molecule has 0 aliphatic carbocycles. The van der Waals surface area contributed by atoms with Gasteiger partial charge in [0.15, 0.2) is 5.78 Å². The maximum atomic E-state index is 12.0. The molecule has 2 rings (SSSR count). The lowest BCUT2D eigenvalue weighted by Crippen LogP contribution is -2.48. The second-order valence-electron chi connectivity index (χ2n) is 7.38. The Labute approximate surface area is 144 Å². The molecule has 132 valence electrons. The molecule has 1 aliphatic heterocycles. The van der Waals surface area contributed by atoms with Gasteiger partial charge in [0.1, 0.15) is 5.75 Å². The minimum atomic E-state index is -0.132. The first-order chi connectivity index (χ1) is 11.1. The van der Waals surface area contributed by atoms with Crippen LogP contribution in [0.15, 0.2) is 12.1 Å². The van der Waals surface area contributed by atoms with Crippen LogP contribution < -0.4 is 9.64 Å². The van der Waals surface area contributed by atoms with Gasteiger partial charge >= 0.3 is 0 Å². The average molecular weight is 332 g/mol. The van der Waals surface area contributed by atoms with Crippen molar-refractivity contribution in [1.82, 2.24) is 4.90 Å². The summed E-state index contributed by atoms with van der Waals surface area (Å²) >= 11 is 0. The molecule has 0 spiro atoms. The maximum Gasteiger partial charge on any atom is 0.219 e. The van der Waals surface area contributed by atoms with E-state index in [9.17, 15) is 9.59 Å². The Kier molecular flexibility index (Phi) is 5.21. The zero-order chi connectivity index (χ0) is 18.1. The molecule has 0 unspecified atom stereocenters. The van der Waals surface area contributed by atoms with Gasteiger partial charge in [-0.15, -0.1) is 0 Å². The van der Waals surface area contributed by atoms with Gasteiger partial charge in [0.05, 0.1) is 12.8 Å². The van der Waals surface area contributed by atoms with Gasteiger partial charge in [0.2, 0.25) is 5.91 Å². The van der Waals surface area contributed by atoms with Crippen molar-refractivity contribution in [3.63, 3.8) is 0 Å². The van der Waals surface area contributed by atoms with Crippen LogP contribution in [0.3, 0.4) is 0 Å². The summed E-state index contributed by atoms with van der Waals surface area (Å²) in [6, 6.07) is 3.86.